The van der Waals surface area contributed by atoms with Crippen molar-refractivity contribution in [1.82, 2.24) is 15.8 Å². The molecule has 0 saturated heterocycles. The van der Waals surface area contributed by atoms with E-state index in [1.165, 1.54) is 0 Å². The summed E-state index contributed by atoms with van der Waals surface area (Å²) in [6, 6.07) is 21.5. The van der Waals surface area contributed by atoms with Crippen LogP contribution in [0.1, 0.15) is 64.7 Å². The van der Waals surface area contributed by atoms with E-state index in [0.29, 0.717) is 59.0 Å². The first kappa shape index (κ1) is 25.7. The van der Waals surface area contributed by atoms with Crippen LogP contribution in [0.3, 0.4) is 0 Å². The SMILES string of the molecule is O=C(NNCc1ccccc1)[C@@H]1c2ccccc2C(=O)N([C@H]2CC[C@H](O)CC2)[C@H]1c1ccc(Cl)cc1Cl. The average molecular weight is 538 g/mol. The van der Waals surface area contributed by atoms with Gasteiger partial charge in [-0.1, -0.05) is 77.8 Å². The molecule has 37 heavy (non-hydrogen) atoms. The van der Waals surface area contributed by atoms with Gasteiger partial charge in [0, 0.05) is 28.2 Å². The zero-order valence-corrected chi connectivity index (χ0v) is 21.8. The molecule has 1 heterocycles. The lowest BCUT2D eigenvalue weighted by Gasteiger charge is -2.47. The Balaban J connectivity index is 1.55. The molecule has 1 aliphatic heterocycles. The van der Waals surface area contributed by atoms with Crippen molar-refractivity contribution in [2.24, 2.45) is 0 Å². The van der Waals surface area contributed by atoms with Gasteiger partial charge < -0.3 is 10.0 Å². The Hall–Kier alpha value is -2.90. The van der Waals surface area contributed by atoms with Gasteiger partial charge in [0.05, 0.1) is 18.1 Å². The largest absolute Gasteiger partial charge is 0.393 e. The molecule has 1 fully saturated rings. The number of aliphatic hydroxyl groups excluding tert-OH is 1. The van der Waals surface area contributed by atoms with Crippen molar-refractivity contribution in [2.75, 3.05) is 0 Å². The van der Waals surface area contributed by atoms with Crippen molar-refractivity contribution in [2.45, 2.75) is 56.3 Å². The lowest BCUT2D eigenvalue weighted by atomic mass is 9.77. The van der Waals surface area contributed by atoms with Gasteiger partial charge in [-0.05, 0) is 60.6 Å². The third kappa shape index (κ3) is 5.39. The van der Waals surface area contributed by atoms with Gasteiger partial charge in [-0.2, -0.15) is 0 Å². The Bertz CT molecular complexity index is 1280. The molecule has 0 spiro atoms. The molecule has 3 N–H and O–H groups in total. The highest BCUT2D eigenvalue weighted by molar-refractivity contribution is 6.35. The molecule has 0 radical (unpaired) electrons. The number of fused-ring (bicyclic) bond motifs is 1. The number of rotatable bonds is 6. The summed E-state index contributed by atoms with van der Waals surface area (Å²) < 4.78 is 0. The van der Waals surface area contributed by atoms with Gasteiger partial charge in [0.15, 0.2) is 0 Å². The summed E-state index contributed by atoms with van der Waals surface area (Å²) in [6.45, 7) is 0.455. The molecule has 192 valence electrons. The Morgan fingerprint density at radius 2 is 1.62 bits per heavy atom. The summed E-state index contributed by atoms with van der Waals surface area (Å²) in [7, 11) is 0. The molecule has 8 heteroatoms. The monoisotopic (exact) mass is 537 g/mol. The normalized spacial score (nSPS) is 23.4. The second-order valence-corrected chi connectivity index (χ2v) is 10.5. The van der Waals surface area contributed by atoms with Crippen LogP contribution in [0.25, 0.3) is 0 Å². The van der Waals surface area contributed by atoms with E-state index < -0.39 is 12.0 Å². The molecule has 1 saturated carbocycles. The molecule has 0 unspecified atom stereocenters. The molecule has 3 aromatic rings. The van der Waals surface area contributed by atoms with Crippen LogP contribution in [0.15, 0.2) is 72.8 Å². The van der Waals surface area contributed by atoms with Crippen LogP contribution in [-0.2, 0) is 11.3 Å². The van der Waals surface area contributed by atoms with E-state index in [1.807, 2.05) is 53.4 Å². The number of aliphatic hydroxyl groups is 1. The van der Waals surface area contributed by atoms with Crippen LogP contribution in [0.4, 0.5) is 0 Å². The van der Waals surface area contributed by atoms with Gasteiger partial charge >= 0.3 is 0 Å². The minimum Gasteiger partial charge on any atom is -0.393 e. The van der Waals surface area contributed by atoms with Crippen molar-refractivity contribution in [3.8, 4) is 0 Å². The number of benzene rings is 3. The van der Waals surface area contributed by atoms with E-state index in [1.54, 1.807) is 24.3 Å². The minimum absolute atomic E-state index is 0.130. The Kier molecular flexibility index (Phi) is 7.81. The van der Waals surface area contributed by atoms with Crippen LogP contribution < -0.4 is 10.9 Å². The van der Waals surface area contributed by atoms with Crippen molar-refractivity contribution >= 4 is 35.0 Å². The molecule has 2 amide bonds. The van der Waals surface area contributed by atoms with E-state index in [2.05, 4.69) is 10.9 Å². The number of carbonyl (C=O) groups is 2. The Labute approximate surface area is 226 Å². The summed E-state index contributed by atoms with van der Waals surface area (Å²) in [5, 5.41) is 11.0. The lowest BCUT2D eigenvalue weighted by Crippen LogP contribution is -2.53. The number of hydrogen-bond donors (Lipinski definition) is 3. The number of carbonyl (C=O) groups excluding carboxylic acids is 2. The molecule has 2 atom stereocenters. The molecule has 3 aromatic carbocycles. The van der Waals surface area contributed by atoms with Crippen LogP contribution >= 0.6 is 23.2 Å². The van der Waals surface area contributed by atoms with Gasteiger partial charge in [0.1, 0.15) is 0 Å². The van der Waals surface area contributed by atoms with E-state index in [0.717, 1.165) is 5.56 Å². The molecule has 5 rings (SSSR count). The third-order valence-electron chi connectivity index (χ3n) is 7.35. The molecule has 0 aromatic heterocycles. The fourth-order valence-electron chi connectivity index (χ4n) is 5.55. The molecule has 2 aliphatic rings. The highest BCUT2D eigenvalue weighted by atomic mass is 35.5. The van der Waals surface area contributed by atoms with Crippen molar-refractivity contribution in [1.29, 1.82) is 0 Å². The average Bonchev–Trinajstić information content (AvgIpc) is 2.90. The predicted octanol–water partition coefficient (Wildman–Crippen LogP) is 5.40. The fourth-order valence-corrected chi connectivity index (χ4v) is 6.07. The second-order valence-electron chi connectivity index (χ2n) is 9.68. The number of hydrogen-bond acceptors (Lipinski definition) is 4. The molecular formula is C29H29Cl2N3O3. The summed E-state index contributed by atoms with van der Waals surface area (Å²) in [5.74, 6) is -1.09. The van der Waals surface area contributed by atoms with E-state index >= 15 is 0 Å². The van der Waals surface area contributed by atoms with Gasteiger partial charge in [-0.15, -0.1) is 0 Å². The number of hydrazine groups is 1. The van der Waals surface area contributed by atoms with Crippen molar-refractivity contribution in [3.63, 3.8) is 0 Å². The number of halogens is 2. The van der Waals surface area contributed by atoms with E-state index in [-0.39, 0.29) is 24.0 Å². The molecule has 6 nitrogen and oxygen atoms in total. The maximum Gasteiger partial charge on any atom is 0.254 e. The Morgan fingerprint density at radius 3 is 2.35 bits per heavy atom. The van der Waals surface area contributed by atoms with Gasteiger partial charge in [-0.25, -0.2) is 5.43 Å². The first-order valence-corrected chi connectivity index (χ1v) is 13.3. The summed E-state index contributed by atoms with van der Waals surface area (Å²) in [6.07, 6.45) is 2.14. The van der Waals surface area contributed by atoms with E-state index in [9.17, 15) is 14.7 Å². The van der Waals surface area contributed by atoms with Crippen LogP contribution in [0.2, 0.25) is 10.0 Å². The van der Waals surface area contributed by atoms with Crippen molar-refractivity contribution in [3.05, 3.63) is 105 Å². The van der Waals surface area contributed by atoms with Gasteiger partial charge in [-0.3, -0.25) is 15.0 Å². The maximum atomic E-state index is 14.0. The zero-order valence-electron chi connectivity index (χ0n) is 20.2. The lowest BCUT2D eigenvalue weighted by molar-refractivity contribution is -0.125. The summed E-state index contributed by atoms with van der Waals surface area (Å²) >= 11 is 12.9. The molecule has 0 bridgehead atoms. The Morgan fingerprint density at radius 1 is 0.919 bits per heavy atom. The highest BCUT2D eigenvalue weighted by Gasteiger charge is 2.47. The quantitative estimate of drug-likeness (QED) is 0.368. The van der Waals surface area contributed by atoms with Crippen LogP contribution in [0.5, 0.6) is 0 Å². The smallest absolute Gasteiger partial charge is 0.254 e. The van der Waals surface area contributed by atoms with E-state index in [4.69, 9.17) is 23.2 Å². The highest BCUT2D eigenvalue weighted by Crippen LogP contribution is 2.47. The molecular weight excluding hydrogens is 509 g/mol. The minimum atomic E-state index is -0.706. The number of amides is 2. The number of nitrogens with zero attached hydrogens (tertiary/aromatic N) is 1. The summed E-state index contributed by atoms with van der Waals surface area (Å²) in [4.78, 5) is 29.7. The first-order chi connectivity index (χ1) is 17.9. The van der Waals surface area contributed by atoms with Crippen LogP contribution in [0, 0.1) is 0 Å². The maximum absolute atomic E-state index is 14.0. The topological polar surface area (TPSA) is 81.7 Å². The standard InChI is InChI=1S/C29H29Cl2N3O3/c30-19-10-15-24(25(31)16-19)27-26(28(36)33-32-17-18-6-2-1-3-7-18)22-8-4-5-9-23(22)29(37)34(27)20-11-13-21(35)14-12-20/h1-10,15-16,20-21,26-27,32,35H,11-14,17H2,(H,33,36)/t20-,21-,26-,27+/m1/s1. The summed E-state index contributed by atoms with van der Waals surface area (Å²) in [5.41, 5.74) is 8.80. The van der Waals surface area contributed by atoms with Gasteiger partial charge in [0.25, 0.3) is 5.91 Å². The second kappa shape index (κ2) is 11.2. The third-order valence-corrected chi connectivity index (χ3v) is 7.91. The molecule has 1 aliphatic carbocycles. The van der Waals surface area contributed by atoms with Crippen molar-refractivity contribution < 1.29 is 14.7 Å². The zero-order chi connectivity index (χ0) is 25.9. The first-order valence-electron chi connectivity index (χ1n) is 12.5. The van der Waals surface area contributed by atoms with Gasteiger partial charge in [0.2, 0.25) is 5.91 Å². The number of nitrogens with one attached hydrogen (secondary N) is 2. The fraction of sp³-hybridized carbons (Fsp3) is 0.310. The van der Waals surface area contributed by atoms with Crippen LogP contribution in [-0.4, -0.2) is 34.0 Å². The predicted molar refractivity (Wildman–Crippen MR) is 144 cm³/mol.